The molecule has 28 heavy (non-hydrogen) atoms. The van der Waals surface area contributed by atoms with Crippen LogP contribution in [0.5, 0.6) is 0 Å². The minimum atomic E-state index is -0.329. The predicted molar refractivity (Wildman–Crippen MR) is 94.8 cm³/mol. The highest BCUT2D eigenvalue weighted by atomic mass is 19.1. The third kappa shape index (κ3) is 3.07. The van der Waals surface area contributed by atoms with Crippen molar-refractivity contribution in [3.8, 4) is 23.0 Å². The molecule has 1 atom stereocenters. The summed E-state index contributed by atoms with van der Waals surface area (Å²) in [6.45, 7) is 0.869. The molecule has 0 aliphatic carbocycles. The minimum absolute atomic E-state index is 0.210. The molecule has 140 valence electrons. The van der Waals surface area contributed by atoms with Gasteiger partial charge in [0.2, 0.25) is 5.82 Å². The van der Waals surface area contributed by atoms with Crippen LogP contribution in [0, 0.1) is 11.6 Å². The average molecular weight is 380 g/mol. The standard InChI is InChI=1S/C20H14F2N4O2/c21-14-5-1-12(2-6-14)18-10-26-16(11-27-18)9-17(24-26)20-23-19(25-28-20)13-3-7-15(22)8-4-13/h1-9,18H,10-11H2/t18-/m1/s1. The van der Waals surface area contributed by atoms with Crippen molar-refractivity contribution in [3.05, 3.63) is 77.5 Å². The van der Waals surface area contributed by atoms with E-state index in [1.165, 1.54) is 24.3 Å². The van der Waals surface area contributed by atoms with Gasteiger partial charge in [-0.2, -0.15) is 10.1 Å². The number of benzene rings is 2. The summed E-state index contributed by atoms with van der Waals surface area (Å²) in [4.78, 5) is 4.35. The van der Waals surface area contributed by atoms with Gasteiger partial charge in [-0.15, -0.1) is 0 Å². The van der Waals surface area contributed by atoms with Crippen molar-refractivity contribution >= 4 is 0 Å². The van der Waals surface area contributed by atoms with Crippen molar-refractivity contribution in [1.29, 1.82) is 0 Å². The molecule has 0 spiro atoms. The van der Waals surface area contributed by atoms with E-state index in [2.05, 4.69) is 15.2 Å². The lowest BCUT2D eigenvalue weighted by molar-refractivity contribution is -0.00116. The minimum Gasteiger partial charge on any atom is -0.365 e. The van der Waals surface area contributed by atoms with Crippen LogP contribution in [0.25, 0.3) is 23.0 Å². The zero-order valence-electron chi connectivity index (χ0n) is 14.5. The van der Waals surface area contributed by atoms with Crippen molar-refractivity contribution < 1.29 is 18.0 Å². The SMILES string of the molecule is Fc1ccc(-c2noc(-c3cc4n(n3)C[C@H](c3ccc(F)cc3)OC4)n2)cc1. The van der Waals surface area contributed by atoms with Gasteiger partial charge in [-0.05, 0) is 48.0 Å². The maximum atomic E-state index is 13.1. The number of hydrogen-bond donors (Lipinski definition) is 0. The molecular weight excluding hydrogens is 366 g/mol. The fourth-order valence-corrected chi connectivity index (χ4v) is 3.15. The van der Waals surface area contributed by atoms with Crippen LogP contribution in [-0.2, 0) is 17.9 Å². The first-order valence-electron chi connectivity index (χ1n) is 8.69. The van der Waals surface area contributed by atoms with E-state index in [4.69, 9.17) is 9.26 Å². The molecule has 4 aromatic rings. The second kappa shape index (κ2) is 6.65. The fourth-order valence-electron chi connectivity index (χ4n) is 3.15. The number of hydrogen-bond acceptors (Lipinski definition) is 5. The predicted octanol–water partition coefficient (Wildman–Crippen LogP) is 4.15. The molecule has 2 aromatic heterocycles. The van der Waals surface area contributed by atoms with Crippen molar-refractivity contribution in [1.82, 2.24) is 19.9 Å². The Morgan fingerprint density at radius 1 is 0.964 bits per heavy atom. The fraction of sp³-hybridized carbons (Fsp3) is 0.150. The molecule has 0 amide bonds. The Labute approximate surface area is 158 Å². The summed E-state index contributed by atoms with van der Waals surface area (Å²) in [6.07, 6.45) is -0.210. The second-order valence-electron chi connectivity index (χ2n) is 6.48. The molecule has 5 rings (SSSR count). The molecule has 2 aromatic carbocycles. The molecule has 0 unspecified atom stereocenters. The summed E-state index contributed by atoms with van der Waals surface area (Å²) < 4.78 is 39.2. The Morgan fingerprint density at radius 3 is 2.43 bits per heavy atom. The average Bonchev–Trinajstić information content (AvgIpc) is 3.35. The highest BCUT2D eigenvalue weighted by Crippen LogP contribution is 2.29. The van der Waals surface area contributed by atoms with E-state index in [1.54, 1.807) is 24.3 Å². The van der Waals surface area contributed by atoms with Gasteiger partial charge in [-0.25, -0.2) is 8.78 Å². The molecular formula is C20H14F2N4O2. The highest BCUT2D eigenvalue weighted by molar-refractivity contribution is 5.57. The normalized spacial score (nSPS) is 16.1. The van der Waals surface area contributed by atoms with Crippen molar-refractivity contribution in [2.75, 3.05) is 0 Å². The molecule has 1 aliphatic rings. The molecule has 6 nitrogen and oxygen atoms in total. The Hall–Kier alpha value is -3.39. The molecule has 8 heteroatoms. The quantitative estimate of drug-likeness (QED) is 0.534. The van der Waals surface area contributed by atoms with E-state index >= 15 is 0 Å². The van der Waals surface area contributed by atoms with Gasteiger partial charge >= 0.3 is 0 Å². The summed E-state index contributed by atoms with van der Waals surface area (Å²) >= 11 is 0. The Kier molecular flexibility index (Phi) is 3.98. The lowest BCUT2D eigenvalue weighted by atomic mass is 10.1. The van der Waals surface area contributed by atoms with Crippen LogP contribution in [0.15, 0.2) is 59.1 Å². The molecule has 0 fully saturated rings. The zero-order chi connectivity index (χ0) is 19.1. The summed E-state index contributed by atoms with van der Waals surface area (Å²) in [6, 6.07) is 13.9. The molecule has 0 N–H and O–H groups in total. The van der Waals surface area contributed by atoms with Gasteiger partial charge in [-0.3, -0.25) is 4.68 Å². The number of nitrogens with zero attached hydrogens (tertiary/aromatic N) is 4. The van der Waals surface area contributed by atoms with Crippen LogP contribution in [0.4, 0.5) is 8.78 Å². The van der Waals surface area contributed by atoms with Gasteiger partial charge in [0.25, 0.3) is 5.89 Å². The van der Waals surface area contributed by atoms with Crippen molar-refractivity contribution in [3.63, 3.8) is 0 Å². The molecule has 0 saturated carbocycles. The number of ether oxygens (including phenoxy) is 1. The van der Waals surface area contributed by atoms with E-state index in [-0.39, 0.29) is 23.6 Å². The number of aromatic nitrogens is 4. The van der Waals surface area contributed by atoms with Crippen LogP contribution in [0.3, 0.4) is 0 Å². The van der Waals surface area contributed by atoms with Gasteiger partial charge < -0.3 is 9.26 Å². The summed E-state index contributed by atoms with van der Waals surface area (Å²) in [5.74, 6) is 0.0286. The number of rotatable bonds is 3. The van der Waals surface area contributed by atoms with Crippen LogP contribution >= 0.6 is 0 Å². The number of halogens is 2. The van der Waals surface area contributed by atoms with Crippen LogP contribution in [-0.4, -0.2) is 19.9 Å². The Morgan fingerprint density at radius 2 is 1.68 bits per heavy atom. The maximum Gasteiger partial charge on any atom is 0.278 e. The molecule has 0 saturated heterocycles. The Bertz CT molecular complexity index is 1120. The lowest BCUT2D eigenvalue weighted by Gasteiger charge is -2.24. The monoisotopic (exact) mass is 380 g/mol. The maximum absolute atomic E-state index is 13.1. The first kappa shape index (κ1) is 16.8. The first-order chi connectivity index (χ1) is 13.7. The van der Waals surface area contributed by atoms with Crippen molar-refractivity contribution in [2.24, 2.45) is 0 Å². The van der Waals surface area contributed by atoms with E-state index < -0.39 is 0 Å². The van der Waals surface area contributed by atoms with E-state index in [1.807, 2.05) is 10.7 Å². The Balaban J connectivity index is 1.39. The smallest absolute Gasteiger partial charge is 0.278 e. The van der Waals surface area contributed by atoms with Gasteiger partial charge in [0.05, 0.1) is 18.8 Å². The number of fused-ring (bicyclic) bond motifs is 1. The van der Waals surface area contributed by atoms with Gasteiger partial charge in [0.15, 0.2) is 5.69 Å². The molecule has 0 radical (unpaired) electrons. The van der Waals surface area contributed by atoms with Crippen LogP contribution < -0.4 is 0 Å². The van der Waals surface area contributed by atoms with Crippen molar-refractivity contribution in [2.45, 2.75) is 19.3 Å². The van der Waals surface area contributed by atoms with E-state index in [0.29, 0.717) is 30.2 Å². The van der Waals surface area contributed by atoms with E-state index in [0.717, 1.165) is 11.3 Å². The summed E-state index contributed by atoms with van der Waals surface area (Å²) in [5.41, 5.74) is 2.97. The van der Waals surface area contributed by atoms with Crippen LogP contribution in [0.1, 0.15) is 17.4 Å². The summed E-state index contributed by atoms with van der Waals surface area (Å²) in [7, 11) is 0. The lowest BCUT2D eigenvalue weighted by Crippen LogP contribution is -2.21. The van der Waals surface area contributed by atoms with Gasteiger partial charge in [-0.1, -0.05) is 17.3 Å². The highest BCUT2D eigenvalue weighted by Gasteiger charge is 2.24. The van der Waals surface area contributed by atoms with Gasteiger partial charge in [0, 0.05) is 5.56 Å². The largest absolute Gasteiger partial charge is 0.365 e. The third-order valence-electron chi connectivity index (χ3n) is 4.62. The first-order valence-corrected chi connectivity index (χ1v) is 8.69. The molecule has 0 bridgehead atoms. The molecule has 3 heterocycles. The topological polar surface area (TPSA) is 66.0 Å². The summed E-state index contributed by atoms with van der Waals surface area (Å²) in [5, 5.41) is 8.49. The van der Waals surface area contributed by atoms with Gasteiger partial charge in [0.1, 0.15) is 17.7 Å². The third-order valence-corrected chi connectivity index (χ3v) is 4.62. The second-order valence-corrected chi connectivity index (χ2v) is 6.48. The zero-order valence-corrected chi connectivity index (χ0v) is 14.5. The van der Waals surface area contributed by atoms with E-state index in [9.17, 15) is 8.78 Å². The molecule has 1 aliphatic heterocycles. The van der Waals surface area contributed by atoms with Crippen LogP contribution in [0.2, 0.25) is 0 Å².